The predicted molar refractivity (Wildman–Crippen MR) is 93.3 cm³/mol. The number of benzene rings is 1. The summed E-state index contributed by atoms with van der Waals surface area (Å²) in [5.74, 6) is 0.206. The first-order valence-electron chi connectivity index (χ1n) is 8.84. The topological polar surface area (TPSA) is 97.6 Å². The fraction of sp³-hybridized carbons (Fsp3) is 0.444. The first-order valence-corrected chi connectivity index (χ1v) is 8.84. The van der Waals surface area contributed by atoms with Crippen molar-refractivity contribution in [2.24, 2.45) is 0 Å². The number of nitrogens with one attached hydrogen (secondary N) is 1. The summed E-state index contributed by atoms with van der Waals surface area (Å²) in [5.41, 5.74) is 0.683. The van der Waals surface area contributed by atoms with E-state index in [1.54, 1.807) is 24.0 Å². The molecule has 1 saturated heterocycles. The lowest BCUT2D eigenvalue weighted by Crippen LogP contribution is -2.45. The van der Waals surface area contributed by atoms with Crippen LogP contribution >= 0.6 is 0 Å². The number of likely N-dealkylation sites (tertiary alicyclic amines) is 1. The van der Waals surface area contributed by atoms with Crippen molar-refractivity contribution >= 4 is 12.0 Å². The number of urea groups is 1. The van der Waals surface area contributed by atoms with Crippen LogP contribution in [0.1, 0.15) is 31.6 Å². The second-order valence-corrected chi connectivity index (χ2v) is 6.19. The van der Waals surface area contributed by atoms with Gasteiger partial charge >= 0.3 is 12.0 Å². The zero-order valence-corrected chi connectivity index (χ0v) is 15.0. The molecule has 8 nitrogen and oxygen atoms in total. The number of nitrogens with zero attached hydrogens (tertiary/aromatic N) is 3. The van der Waals surface area contributed by atoms with Crippen molar-refractivity contribution in [3.8, 4) is 11.4 Å². The van der Waals surface area contributed by atoms with Gasteiger partial charge in [0.05, 0.1) is 6.61 Å². The standard InChI is InChI=1S/C18H21FN4O4/c1-2-26-15(24)11-20-18(25)23-9-7-13(8-10-23)17-21-16(22-27-17)12-3-5-14(19)6-4-12/h3-6,13H,2,7-11H2,1H3,(H,20,25). The van der Waals surface area contributed by atoms with Gasteiger partial charge in [-0.05, 0) is 44.0 Å². The largest absolute Gasteiger partial charge is 0.465 e. The van der Waals surface area contributed by atoms with Gasteiger partial charge in [-0.2, -0.15) is 4.98 Å². The minimum atomic E-state index is -0.458. The fourth-order valence-electron chi connectivity index (χ4n) is 2.92. The Balaban J connectivity index is 1.51. The lowest BCUT2D eigenvalue weighted by molar-refractivity contribution is -0.141. The number of aromatic nitrogens is 2. The van der Waals surface area contributed by atoms with Crippen LogP contribution in [0.3, 0.4) is 0 Å². The number of halogens is 1. The molecule has 0 radical (unpaired) electrons. The summed E-state index contributed by atoms with van der Waals surface area (Å²) in [6, 6.07) is 5.59. The van der Waals surface area contributed by atoms with Crippen LogP contribution in [0.15, 0.2) is 28.8 Å². The molecule has 0 saturated carbocycles. The van der Waals surface area contributed by atoms with Gasteiger partial charge in [0.25, 0.3) is 0 Å². The number of carbonyl (C=O) groups is 2. The maximum absolute atomic E-state index is 13.0. The maximum Gasteiger partial charge on any atom is 0.325 e. The van der Waals surface area contributed by atoms with Crippen LogP contribution in [-0.4, -0.2) is 53.3 Å². The SMILES string of the molecule is CCOC(=O)CNC(=O)N1CCC(c2nc(-c3ccc(F)cc3)no2)CC1. The molecular formula is C18H21FN4O4. The number of carbonyl (C=O) groups excluding carboxylic acids is 2. The minimum absolute atomic E-state index is 0.0563. The molecule has 9 heteroatoms. The number of piperidine rings is 1. The Hall–Kier alpha value is -2.97. The molecule has 1 N–H and O–H groups in total. The summed E-state index contributed by atoms with van der Waals surface area (Å²) in [7, 11) is 0. The Kier molecular flexibility index (Phi) is 6.00. The molecular weight excluding hydrogens is 355 g/mol. The van der Waals surface area contributed by atoms with Crippen LogP contribution < -0.4 is 5.32 Å². The van der Waals surface area contributed by atoms with Crippen molar-refractivity contribution in [3.63, 3.8) is 0 Å². The van der Waals surface area contributed by atoms with E-state index in [-0.39, 0.29) is 30.9 Å². The quantitative estimate of drug-likeness (QED) is 0.805. The summed E-state index contributed by atoms with van der Waals surface area (Å²) < 4.78 is 23.1. The number of esters is 1. The molecule has 2 amide bonds. The summed E-state index contributed by atoms with van der Waals surface area (Å²) in [6.07, 6.45) is 1.36. The van der Waals surface area contributed by atoms with Crippen molar-refractivity contribution in [1.82, 2.24) is 20.4 Å². The van der Waals surface area contributed by atoms with Crippen LogP contribution in [-0.2, 0) is 9.53 Å². The summed E-state index contributed by atoms with van der Waals surface area (Å²) in [4.78, 5) is 29.4. The van der Waals surface area contributed by atoms with Crippen LogP contribution in [0.25, 0.3) is 11.4 Å². The van der Waals surface area contributed by atoms with E-state index in [2.05, 4.69) is 15.5 Å². The first-order chi connectivity index (χ1) is 13.1. The Labute approximate surface area is 155 Å². The van der Waals surface area contributed by atoms with E-state index < -0.39 is 5.97 Å². The Morgan fingerprint density at radius 2 is 2.00 bits per heavy atom. The highest BCUT2D eigenvalue weighted by molar-refractivity contribution is 5.80. The molecule has 3 rings (SSSR count). The molecule has 0 atom stereocenters. The van der Waals surface area contributed by atoms with E-state index in [4.69, 9.17) is 9.26 Å². The van der Waals surface area contributed by atoms with Gasteiger partial charge in [-0.1, -0.05) is 5.16 Å². The molecule has 144 valence electrons. The van der Waals surface area contributed by atoms with Gasteiger partial charge in [-0.15, -0.1) is 0 Å². The van der Waals surface area contributed by atoms with Gasteiger partial charge in [-0.3, -0.25) is 4.79 Å². The second-order valence-electron chi connectivity index (χ2n) is 6.19. The van der Waals surface area contributed by atoms with Gasteiger partial charge in [0.2, 0.25) is 11.7 Å². The second kappa shape index (κ2) is 8.61. The summed E-state index contributed by atoms with van der Waals surface area (Å²) in [6.45, 7) is 2.90. The van der Waals surface area contributed by atoms with Gasteiger partial charge in [-0.25, -0.2) is 9.18 Å². The average molecular weight is 376 g/mol. The first kappa shape index (κ1) is 18.8. The molecule has 0 unspecified atom stereocenters. The smallest absolute Gasteiger partial charge is 0.325 e. The van der Waals surface area contributed by atoms with Crippen LogP contribution in [0, 0.1) is 5.82 Å². The molecule has 2 heterocycles. The molecule has 2 aromatic rings. The van der Waals surface area contributed by atoms with Crippen molar-refractivity contribution in [1.29, 1.82) is 0 Å². The molecule has 0 bridgehead atoms. The fourth-order valence-corrected chi connectivity index (χ4v) is 2.92. The van der Waals surface area contributed by atoms with Gasteiger partial charge in [0, 0.05) is 24.6 Å². The highest BCUT2D eigenvalue weighted by atomic mass is 19.1. The maximum atomic E-state index is 13.0. The lowest BCUT2D eigenvalue weighted by atomic mass is 9.97. The van der Waals surface area contributed by atoms with E-state index >= 15 is 0 Å². The molecule has 0 aliphatic carbocycles. The highest BCUT2D eigenvalue weighted by Crippen LogP contribution is 2.28. The minimum Gasteiger partial charge on any atom is -0.465 e. The molecule has 27 heavy (non-hydrogen) atoms. The number of hydrogen-bond acceptors (Lipinski definition) is 6. The zero-order chi connectivity index (χ0) is 19.2. The average Bonchev–Trinajstić information content (AvgIpc) is 3.17. The molecule has 1 aromatic carbocycles. The number of hydrogen-bond donors (Lipinski definition) is 1. The third-order valence-electron chi connectivity index (χ3n) is 4.36. The number of amides is 2. The van der Waals surface area contributed by atoms with Crippen molar-refractivity contribution in [2.45, 2.75) is 25.7 Å². The Bertz CT molecular complexity index is 785. The normalized spacial score (nSPS) is 14.8. The number of rotatable bonds is 5. The molecule has 1 aliphatic rings. The van der Waals surface area contributed by atoms with E-state index in [1.165, 1.54) is 12.1 Å². The third kappa shape index (κ3) is 4.81. The van der Waals surface area contributed by atoms with E-state index in [0.29, 0.717) is 43.2 Å². The van der Waals surface area contributed by atoms with Crippen molar-refractivity contribution in [2.75, 3.05) is 26.2 Å². The third-order valence-corrected chi connectivity index (χ3v) is 4.36. The van der Waals surface area contributed by atoms with Gasteiger partial charge < -0.3 is 19.5 Å². The Morgan fingerprint density at radius 1 is 1.30 bits per heavy atom. The number of ether oxygens (including phenoxy) is 1. The predicted octanol–water partition coefficient (Wildman–Crippen LogP) is 2.33. The van der Waals surface area contributed by atoms with Crippen LogP contribution in [0.2, 0.25) is 0 Å². The highest BCUT2D eigenvalue weighted by Gasteiger charge is 2.27. The summed E-state index contributed by atoms with van der Waals surface area (Å²) in [5, 5.41) is 6.51. The molecule has 1 fully saturated rings. The lowest BCUT2D eigenvalue weighted by Gasteiger charge is -2.30. The zero-order valence-electron chi connectivity index (χ0n) is 15.0. The van der Waals surface area contributed by atoms with Crippen molar-refractivity contribution < 1.29 is 23.2 Å². The van der Waals surface area contributed by atoms with E-state index in [1.807, 2.05) is 0 Å². The van der Waals surface area contributed by atoms with Gasteiger partial charge in [0.15, 0.2) is 0 Å². The summed E-state index contributed by atoms with van der Waals surface area (Å²) >= 11 is 0. The van der Waals surface area contributed by atoms with Crippen LogP contribution in [0.4, 0.5) is 9.18 Å². The van der Waals surface area contributed by atoms with E-state index in [0.717, 1.165) is 0 Å². The van der Waals surface area contributed by atoms with Crippen molar-refractivity contribution in [3.05, 3.63) is 36.0 Å². The molecule has 0 spiro atoms. The van der Waals surface area contributed by atoms with Crippen LogP contribution in [0.5, 0.6) is 0 Å². The molecule has 1 aliphatic heterocycles. The van der Waals surface area contributed by atoms with E-state index in [9.17, 15) is 14.0 Å². The monoisotopic (exact) mass is 376 g/mol. The van der Waals surface area contributed by atoms with Gasteiger partial charge in [0.1, 0.15) is 12.4 Å². The molecule has 1 aromatic heterocycles. The Morgan fingerprint density at radius 3 is 2.67 bits per heavy atom.